The van der Waals surface area contributed by atoms with Gasteiger partial charge in [-0.05, 0) is 60.2 Å². The Bertz CT molecular complexity index is 1640. The van der Waals surface area contributed by atoms with Crippen LogP contribution >= 0.6 is 11.3 Å². The van der Waals surface area contributed by atoms with E-state index in [-0.39, 0.29) is 16.4 Å². The Hall–Kier alpha value is -3.79. The second-order valence-electron chi connectivity index (χ2n) is 8.13. The van der Waals surface area contributed by atoms with Crippen LogP contribution in [0.5, 0.6) is 5.75 Å². The second kappa shape index (κ2) is 9.93. The Labute approximate surface area is 213 Å². The molecule has 0 spiro atoms. The summed E-state index contributed by atoms with van der Waals surface area (Å²) in [5, 5.41) is 20.1. The molecule has 192 valence electrons. The fourth-order valence-electron chi connectivity index (χ4n) is 3.68. The molecule has 0 saturated heterocycles. The molecule has 0 aliphatic heterocycles. The molecule has 0 unspecified atom stereocenters. The number of nitrogens with one attached hydrogen (secondary N) is 1. The predicted octanol–water partition coefficient (Wildman–Crippen LogP) is 4.34. The Morgan fingerprint density at radius 3 is 2.46 bits per heavy atom. The van der Waals surface area contributed by atoms with Crippen LogP contribution in [0.1, 0.15) is 21.6 Å². The molecule has 2 heterocycles. The highest BCUT2D eigenvalue weighted by Gasteiger charge is 2.30. The molecule has 0 bridgehead atoms. The van der Waals surface area contributed by atoms with Gasteiger partial charge in [0.05, 0.1) is 10.4 Å². The molecule has 2 aromatic heterocycles. The maximum atomic E-state index is 12.9. The molecule has 0 aliphatic carbocycles. The summed E-state index contributed by atoms with van der Waals surface area (Å²) < 4.78 is 67.7. The lowest BCUT2D eigenvalue weighted by atomic mass is 10.1. The van der Waals surface area contributed by atoms with E-state index < -0.39 is 33.8 Å². The second-order valence-corrected chi connectivity index (χ2v) is 11.2. The lowest BCUT2D eigenvalue weighted by molar-refractivity contribution is -0.139. The molecule has 0 amide bonds. The quantitative estimate of drug-likeness (QED) is 0.311. The molecule has 3 N–H and O–H groups in total. The number of alkyl halides is 3. The number of hydrogen-bond acceptors (Lipinski definition) is 5. The van der Waals surface area contributed by atoms with E-state index in [9.17, 15) is 36.6 Å². The van der Waals surface area contributed by atoms with E-state index in [4.69, 9.17) is 0 Å². The van der Waals surface area contributed by atoms with Gasteiger partial charge in [-0.25, -0.2) is 8.42 Å². The van der Waals surface area contributed by atoms with Gasteiger partial charge in [-0.2, -0.15) is 17.9 Å². The number of thiophene rings is 1. The first kappa shape index (κ1) is 26.3. The van der Waals surface area contributed by atoms with E-state index in [2.05, 4.69) is 16.6 Å². The molecule has 37 heavy (non-hydrogen) atoms. The van der Waals surface area contributed by atoms with E-state index in [0.717, 1.165) is 29.0 Å². The molecule has 1 atom stereocenters. The maximum Gasteiger partial charge on any atom is 0.416 e. The number of hydrogen-bond donors (Lipinski definition) is 3. The van der Waals surface area contributed by atoms with Crippen LogP contribution in [0, 0.1) is 11.8 Å². The zero-order valence-corrected chi connectivity index (χ0v) is 20.7. The van der Waals surface area contributed by atoms with Gasteiger partial charge in [0.25, 0.3) is 10.0 Å². The molecule has 12 heteroatoms. The first-order valence-electron chi connectivity index (χ1n) is 10.6. The number of sulfonamides is 1. The van der Waals surface area contributed by atoms with Gasteiger partial charge in [-0.3, -0.25) is 4.79 Å². The average Bonchev–Trinajstić information content (AvgIpc) is 3.42. The minimum atomic E-state index is -4.46. The van der Waals surface area contributed by atoms with E-state index in [1.807, 2.05) is 0 Å². The number of carboxylic acids is 1. The summed E-state index contributed by atoms with van der Waals surface area (Å²) in [6.07, 6.45) is -2.95. The van der Waals surface area contributed by atoms with Crippen molar-refractivity contribution in [2.45, 2.75) is 22.8 Å². The van der Waals surface area contributed by atoms with Crippen LogP contribution in [-0.4, -0.2) is 35.2 Å². The zero-order chi connectivity index (χ0) is 27.0. The SMILES string of the molecule is Cn1cc(C[C@H](NS(=O)(=O)c2ccc(C#Cc3ccc(C(F)(F)F)cc3)s2)C(=O)O)c2cc(O)ccc21. The molecule has 0 aliphatic rings. The highest BCUT2D eigenvalue weighted by Crippen LogP contribution is 2.29. The van der Waals surface area contributed by atoms with Gasteiger partial charge >= 0.3 is 12.1 Å². The molecule has 2 aromatic carbocycles. The normalized spacial score (nSPS) is 12.8. The monoisotopic (exact) mass is 548 g/mol. The smallest absolute Gasteiger partial charge is 0.416 e. The van der Waals surface area contributed by atoms with Gasteiger partial charge < -0.3 is 14.8 Å². The maximum absolute atomic E-state index is 12.9. The third-order valence-corrected chi connectivity index (χ3v) is 8.43. The molecular formula is C25H19F3N2O5S2. The molecule has 7 nitrogen and oxygen atoms in total. The molecule has 0 radical (unpaired) electrons. The number of carbonyl (C=O) groups is 1. The Morgan fingerprint density at radius 1 is 1.11 bits per heavy atom. The highest BCUT2D eigenvalue weighted by atomic mass is 32.2. The summed E-state index contributed by atoms with van der Waals surface area (Å²) in [5.74, 6) is 4.01. The third kappa shape index (κ3) is 5.96. The van der Waals surface area contributed by atoms with Crippen molar-refractivity contribution in [3.8, 4) is 17.6 Å². The summed E-state index contributed by atoms with van der Waals surface area (Å²) in [6, 6.07) is 10.1. The van der Waals surface area contributed by atoms with E-state index in [1.165, 1.54) is 36.4 Å². The summed E-state index contributed by atoms with van der Waals surface area (Å²) >= 11 is 0.801. The Balaban J connectivity index is 1.52. The van der Waals surface area contributed by atoms with Crippen molar-refractivity contribution in [2.75, 3.05) is 0 Å². The fourth-order valence-corrected chi connectivity index (χ4v) is 6.04. The number of rotatable bonds is 6. The van der Waals surface area contributed by atoms with Gasteiger partial charge in [0.1, 0.15) is 16.0 Å². The first-order valence-corrected chi connectivity index (χ1v) is 12.9. The van der Waals surface area contributed by atoms with Crippen molar-refractivity contribution in [2.24, 2.45) is 7.05 Å². The van der Waals surface area contributed by atoms with Crippen LogP contribution in [0.3, 0.4) is 0 Å². The van der Waals surface area contributed by atoms with Crippen molar-refractivity contribution in [3.05, 3.63) is 82.4 Å². The number of nitrogens with zero attached hydrogens (tertiary/aromatic N) is 1. The van der Waals surface area contributed by atoms with Crippen molar-refractivity contribution in [3.63, 3.8) is 0 Å². The predicted molar refractivity (Wildman–Crippen MR) is 132 cm³/mol. The number of aryl methyl sites for hydroxylation is 1. The van der Waals surface area contributed by atoms with Crippen molar-refractivity contribution in [1.82, 2.24) is 9.29 Å². The standard InChI is InChI=1S/C25H19F3N2O5S2/c1-30-14-16(20-13-18(31)7-10-22(20)30)12-21(24(32)33)29-37(34,35)23-11-9-19(36-23)8-4-15-2-5-17(6-3-15)25(26,27)28/h2-3,5-7,9-11,13-14,21,29,31H,12H2,1H3,(H,32,33)/t21-/m0/s1. The number of halogens is 3. The van der Waals surface area contributed by atoms with Crippen molar-refractivity contribution < 1.29 is 36.6 Å². The topological polar surface area (TPSA) is 109 Å². The van der Waals surface area contributed by atoms with E-state index in [1.54, 1.807) is 23.9 Å². The van der Waals surface area contributed by atoms with E-state index in [0.29, 0.717) is 21.4 Å². The van der Waals surface area contributed by atoms with Crippen molar-refractivity contribution in [1.29, 1.82) is 0 Å². The summed E-state index contributed by atoms with van der Waals surface area (Å²) in [4.78, 5) is 12.2. The third-order valence-electron chi connectivity index (χ3n) is 5.46. The van der Waals surface area contributed by atoms with Gasteiger partial charge in [0.2, 0.25) is 0 Å². The van der Waals surface area contributed by atoms with Crippen LogP contribution < -0.4 is 4.72 Å². The van der Waals surface area contributed by atoms with Crippen LogP contribution in [0.2, 0.25) is 0 Å². The van der Waals surface area contributed by atoms with Gasteiger partial charge in [-0.1, -0.05) is 11.8 Å². The summed E-state index contributed by atoms with van der Waals surface area (Å²) in [7, 11) is -2.47. The zero-order valence-electron chi connectivity index (χ0n) is 19.1. The fraction of sp³-hybridized carbons (Fsp3) is 0.160. The van der Waals surface area contributed by atoms with Gasteiger partial charge in [0.15, 0.2) is 0 Å². The summed E-state index contributed by atoms with van der Waals surface area (Å²) in [5.41, 5.74) is 0.796. The van der Waals surface area contributed by atoms with Crippen LogP contribution in [0.4, 0.5) is 13.2 Å². The number of aromatic hydroxyl groups is 1. The molecular weight excluding hydrogens is 529 g/mol. The minimum Gasteiger partial charge on any atom is -0.508 e. The lowest BCUT2D eigenvalue weighted by Crippen LogP contribution is -2.42. The number of fused-ring (bicyclic) bond motifs is 1. The minimum absolute atomic E-state index is 0.00377. The number of aromatic nitrogens is 1. The summed E-state index contributed by atoms with van der Waals surface area (Å²) in [6.45, 7) is 0. The number of phenolic OH excluding ortho intramolecular Hbond substituents is 1. The Kier molecular flexibility index (Phi) is 7.05. The van der Waals surface area contributed by atoms with Gasteiger partial charge in [-0.15, -0.1) is 11.3 Å². The number of phenols is 1. The van der Waals surface area contributed by atoms with E-state index >= 15 is 0 Å². The Morgan fingerprint density at radius 2 is 1.81 bits per heavy atom. The molecule has 4 aromatic rings. The highest BCUT2D eigenvalue weighted by molar-refractivity contribution is 7.91. The lowest BCUT2D eigenvalue weighted by Gasteiger charge is -2.13. The first-order chi connectivity index (χ1) is 17.3. The molecule has 0 saturated carbocycles. The van der Waals surface area contributed by atoms with Crippen molar-refractivity contribution >= 4 is 38.2 Å². The largest absolute Gasteiger partial charge is 0.508 e. The number of aliphatic carboxylic acids is 1. The molecule has 4 rings (SSSR count). The van der Waals surface area contributed by atoms with Gasteiger partial charge in [0, 0.05) is 36.1 Å². The van der Waals surface area contributed by atoms with Crippen LogP contribution in [-0.2, 0) is 34.5 Å². The molecule has 0 fully saturated rings. The van der Waals surface area contributed by atoms with Crippen LogP contribution in [0.15, 0.2) is 65.0 Å². The number of carboxylic acid groups (broad SMARTS) is 1. The number of benzene rings is 2. The van der Waals surface area contributed by atoms with Crippen LogP contribution in [0.25, 0.3) is 10.9 Å². The average molecular weight is 549 g/mol.